The monoisotopic (exact) mass is 373 g/mol. The molecule has 3 aromatic rings. The van der Waals surface area contributed by atoms with Gasteiger partial charge in [0.05, 0.1) is 28.3 Å². The van der Waals surface area contributed by atoms with Crippen LogP contribution >= 0.6 is 11.6 Å². The topological polar surface area (TPSA) is 83.2 Å². The van der Waals surface area contributed by atoms with Crippen LogP contribution in [0, 0.1) is 13.8 Å². The van der Waals surface area contributed by atoms with Crippen LogP contribution in [0.3, 0.4) is 0 Å². The predicted molar refractivity (Wildman–Crippen MR) is 94.9 cm³/mol. The summed E-state index contributed by atoms with van der Waals surface area (Å²) in [5.41, 5.74) is 2.70. The number of hydrogen-bond donors (Lipinski definition) is 1. The molecule has 0 saturated heterocycles. The Morgan fingerprint density at radius 1 is 1.31 bits per heavy atom. The number of nitrogens with one attached hydrogen (secondary N) is 1. The average Bonchev–Trinajstić information content (AvgIpc) is 3.31. The van der Waals surface area contributed by atoms with Crippen molar-refractivity contribution in [3.63, 3.8) is 0 Å². The summed E-state index contributed by atoms with van der Waals surface area (Å²) in [6, 6.07) is 5.09. The Morgan fingerprint density at radius 3 is 2.88 bits per heavy atom. The van der Waals surface area contributed by atoms with Crippen molar-refractivity contribution in [3.8, 4) is 11.5 Å². The number of ether oxygens (including phenoxy) is 2. The highest BCUT2D eigenvalue weighted by atomic mass is 35.5. The molecule has 0 saturated carbocycles. The minimum atomic E-state index is -0.240. The fourth-order valence-corrected chi connectivity index (χ4v) is 2.95. The van der Waals surface area contributed by atoms with E-state index in [0.29, 0.717) is 34.4 Å². The summed E-state index contributed by atoms with van der Waals surface area (Å²) < 4.78 is 14.0. The van der Waals surface area contributed by atoms with E-state index in [0.717, 1.165) is 11.4 Å². The highest BCUT2D eigenvalue weighted by Crippen LogP contribution is 2.33. The first-order chi connectivity index (χ1) is 12.5. The summed E-state index contributed by atoms with van der Waals surface area (Å²) in [4.78, 5) is 12.6. The SMILES string of the molecule is Cc1nn(Cn2cc(Cl)cn2)c(C)c1NC(=O)c1ccc2c(c1)OCO2. The van der Waals surface area contributed by atoms with Crippen molar-refractivity contribution in [1.82, 2.24) is 19.6 Å². The molecule has 0 radical (unpaired) electrons. The average molecular weight is 374 g/mol. The third-order valence-electron chi connectivity index (χ3n) is 4.14. The molecule has 1 aliphatic heterocycles. The van der Waals surface area contributed by atoms with Crippen molar-refractivity contribution >= 4 is 23.2 Å². The third kappa shape index (κ3) is 2.99. The molecule has 0 spiro atoms. The molecule has 26 heavy (non-hydrogen) atoms. The fraction of sp³-hybridized carbons (Fsp3) is 0.235. The summed E-state index contributed by atoms with van der Waals surface area (Å²) >= 11 is 5.89. The van der Waals surface area contributed by atoms with Crippen molar-refractivity contribution in [2.24, 2.45) is 0 Å². The number of rotatable bonds is 4. The quantitative estimate of drug-likeness (QED) is 0.760. The molecule has 134 valence electrons. The van der Waals surface area contributed by atoms with Gasteiger partial charge in [-0.2, -0.15) is 10.2 Å². The van der Waals surface area contributed by atoms with Gasteiger partial charge in [0.25, 0.3) is 5.91 Å². The minimum Gasteiger partial charge on any atom is -0.454 e. The van der Waals surface area contributed by atoms with Crippen LogP contribution in [0.4, 0.5) is 5.69 Å². The van der Waals surface area contributed by atoms with Gasteiger partial charge in [-0.1, -0.05) is 11.6 Å². The zero-order valence-electron chi connectivity index (χ0n) is 14.2. The molecule has 2 aromatic heterocycles. The van der Waals surface area contributed by atoms with Crippen molar-refractivity contribution < 1.29 is 14.3 Å². The van der Waals surface area contributed by atoms with Crippen LogP contribution in [0.15, 0.2) is 30.6 Å². The summed E-state index contributed by atoms with van der Waals surface area (Å²) in [7, 11) is 0. The smallest absolute Gasteiger partial charge is 0.255 e. The molecule has 0 bridgehead atoms. The van der Waals surface area contributed by atoms with Crippen molar-refractivity contribution in [2.45, 2.75) is 20.5 Å². The van der Waals surface area contributed by atoms with Gasteiger partial charge in [-0.3, -0.25) is 4.79 Å². The number of anilines is 1. The summed E-state index contributed by atoms with van der Waals surface area (Å²) in [5.74, 6) is 0.966. The molecule has 1 aliphatic rings. The van der Waals surface area contributed by atoms with E-state index >= 15 is 0 Å². The maximum absolute atomic E-state index is 12.6. The van der Waals surface area contributed by atoms with Gasteiger partial charge in [-0.25, -0.2) is 9.36 Å². The molecule has 1 aromatic carbocycles. The van der Waals surface area contributed by atoms with Gasteiger partial charge in [0, 0.05) is 11.8 Å². The standard InChI is InChI=1S/C17H16ClN5O3/c1-10-16(11(2)23(21-10)8-22-7-13(18)6-19-22)20-17(24)12-3-4-14-15(5-12)26-9-25-14/h3-7H,8-9H2,1-2H3,(H,20,24). The summed E-state index contributed by atoms with van der Waals surface area (Å²) in [6.45, 7) is 4.30. The van der Waals surface area contributed by atoms with Gasteiger partial charge in [0.1, 0.15) is 6.67 Å². The Balaban J connectivity index is 1.55. The number of nitrogens with zero attached hydrogens (tertiary/aromatic N) is 4. The minimum absolute atomic E-state index is 0.169. The first kappa shape index (κ1) is 16.5. The normalized spacial score (nSPS) is 12.4. The largest absolute Gasteiger partial charge is 0.454 e. The Morgan fingerprint density at radius 2 is 2.12 bits per heavy atom. The second kappa shape index (κ2) is 6.38. The predicted octanol–water partition coefficient (Wildman–Crippen LogP) is 2.84. The number of benzene rings is 1. The van der Waals surface area contributed by atoms with Crippen LogP contribution in [0.5, 0.6) is 11.5 Å². The molecule has 0 aliphatic carbocycles. The molecule has 8 nitrogen and oxygen atoms in total. The molecule has 1 N–H and O–H groups in total. The van der Waals surface area contributed by atoms with Gasteiger partial charge >= 0.3 is 0 Å². The van der Waals surface area contributed by atoms with Gasteiger partial charge in [0.2, 0.25) is 6.79 Å². The second-order valence-corrected chi connectivity index (χ2v) is 6.34. The first-order valence-corrected chi connectivity index (χ1v) is 8.32. The molecule has 0 fully saturated rings. The molecule has 4 rings (SSSR count). The lowest BCUT2D eigenvalue weighted by Gasteiger charge is -2.08. The Labute approximate surface area is 154 Å². The highest BCUT2D eigenvalue weighted by molar-refractivity contribution is 6.30. The third-order valence-corrected chi connectivity index (χ3v) is 4.33. The Hall–Kier alpha value is -3.00. The fourth-order valence-electron chi connectivity index (χ4n) is 2.79. The summed E-state index contributed by atoms with van der Waals surface area (Å²) in [6.07, 6.45) is 3.28. The number of fused-ring (bicyclic) bond motifs is 1. The number of aromatic nitrogens is 4. The first-order valence-electron chi connectivity index (χ1n) is 7.94. The van der Waals surface area contributed by atoms with Crippen molar-refractivity contribution in [3.05, 3.63) is 52.6 Å². The zero-order chi connectivity index (χ0) is 18.3. The molecular formula is C17H16ClN5O3. The molecule has 1 amide bonds. The molecule has 9 heteroatoms. The van der Waals surface area contributed by atoms with Crippen LogP contribution in [-0.4, -0.2) is 32.3 Å². The molecule has 0 atom stereocenters. The maximum Gasteiger partial charge on any atom is 0.255 e. The molecule has 0 unspecified atom stereocenters. The lowest BCUT2D eigenvalue weighted by Crippen LogP contribution is -2.14. The van der Waals surface area contributed by atoms with E-state index in [2.05, 4.69) is 15.5 Å². The Kier molecular flexibility index (Phi) is 4.04. The maximum atomic E-state index is 12.6. The molecule has 3 heterocycles. The van der Waals surface area contributed by atoms with E-state index < -0.39 is 0 Å². The van der Waals surface area contributed by atoms with Gasteiger partial charge in [-0.05, 0) is 32.0 Å². The van der Waals surface area contributed by atoms with Crippen LogP contribution in [0.1, 0.15) is 21.7 Å². The zero-order valence-corrected chi connectivity index (χ0v) is 14.9. The Bertz CT molecular complexity index is 994. The summed E-state index contributed by atoms with van der Waals surface area (Å²) in [5, 5.41) is 12.1. The van der Waals surface area contributed by atoms with E-state index in [1.807, 2.05) is 13.8 Å². The van der Waals surface area contributed by atoms with Crippen LogP contribution in [0.25, 0.3) is 0 Å². The van der Waals surface area contributed by atoms with Crippen LogP contribution < -0.4 is 14.8 Å². The number of carbonyl (C=O) groups excluding carboxylic acids is 1. The van der Waals surface area contributed by atoms with Gasteiger partial charge < -0.3 is 14.8 Å². The lowest BCUT2D eigenvalue weighted by atomic mass is 10.2. The van der Waals surface area contributed by atoms with Crippen molar-refractivity contribution in [1.29, 1.82) is 0 Å². The van der Waals surface area contributed by atoms with E-state index in [1.165, 1.54) is 0 Å². The van der Waals surface area contributed by atoms with E-state index in [-0.39, 0.29) is 12.7 Å². The number of aryl methyl sites for hydroxylation is 1. The van der Waals surface area contributed by atoms with E-state index in [1.54, 1.807) is 40.0 Å². The second-order valence-electron chi connectivity index (χ2n) is 5.91. The highest BCUT2D eigenvalue weighted by Gasteiger charge is 2.19. The number of carbonyl (C=O) groups is 1. The lowest BCUT2D eigenvalue weighted by molar-refractivity contribution is 0.102. The van der Waals surface area contributed by atoms with Gasteiger partial charge in [0.15, 0.2) is 11.5 Å². The number of hydrogen-bond acceptors (Lipinski definition) is 5. The van der Waals surface area contributed by atoms with E-state index in [4.69, 9.17) is 21.1 Å². The van der Waals surface area contributed by atoms with Crippen LogP contribution in [0.2, 0.25) is 5.02 Å². The van der Waals surface area contributed by atoms with Crippen molar-refractivity contribution in [2.75, 3.05) is 12.1 Å². The number of amides is 1. The number of halogens is 1. The molecular weight excluding hydrogens is 358 g/mol. The van der Waals surface area contributed by atoms with E-state index in [9.17, 15) is 4.79 Å². The van der Waals surface area contributed by atoms with Gasteiger partial charge in [-0.15, -0.1) is 0 Å². The van der Waals surface area contributed by atoms with Crippen LogP contribution in [-0.2, 0) is 6.67 Å².